The van der Waals surface area contributed by atoms with Gasteiger partial charge in [0.2, 0.25) is 0 Å². The molecule has 14 heteroatoms. The van der Waals surface area contributed by atoms with Crippen LogP contribution in [0.1, 0.15) is 0 Å². The largest absolute Gasteiger partial charge is 0.366 e. The number of nitrogens with one attached hydrogen (secondary N) is 2. The summed E-state index contributed by atoms with van der Waals surface area (Å²) < 4.78 is 6.50. The molecular weight excluding hydrogens is 541 g/mol. The molecule has 3 aromatic carbocycles. The molecule has 10 nitrogen and oxygen atoms in total. The molecule has 0 spiro atoms. The first-order valence-electron chi connectivity index (χ1n) is 10.4. The van der Waals surface area contributed by atoms with Gasteiger partial charge in [0, 0.05) is 24.3 Å². The van der Waals surface area contributed by atoms with E-state index in [1.54, 1.807) is 12.1 Å². The fraction of sp³-hybridized carbons (Fsp3) is 0.0909. The van der Waals surface area contributed by atoms with Crippen molar-refractivity contribution in [3.63, 3.8) is 0 Å². The molecule has 0 aliphatic heterocycles. The van der Waals surface area contributed by atoms with Crippen LogP contribution in [0.3, 0.4) is 0 Å². The Kier molecular flexibility index (Phi) is 6.49. The number of hydrogen-bond acceptors (Lipinski definition) is 10. The molecule has 0 saturated heterocycles. The Labute approximate surface area is 221 Å². The quantitative estimate of drug-likeness (QED) is 0.118. The predicted octanol–water partition coefficient (Wildman–Crippen LogP) is 7.13. The SMILES string of the molecule is O=[N+]([O-])c1ccc2c(c1)sc(=S)n2CNc1ccccc1NCn1c(=S)sc2cc([N+](=O)[O-])ccc21. The van der Waals surface area contributed by atoms with Crippen LogP contribution in [-0.2, 0) is 13.3 Å². The number of nitro groups is 2. The van der Waals surface area contributed by atoms with Crippen LogP contribution in [0.2, 0.25) is 0 Å². The highest BCUT2D eigenvalue weighted by molar-refractivity contribution is 7.74. The van der Waals surface area contributed by atoms with Crippen LogP contribution >= 0.6 is 47.1 Å². The van der Waals surface area contributed by atoms with Crippen molar-refractivity contribution in [1.29, 1.82) is 0 Å². The summed E-state index contributed by atoms with van der Waals surface area (Å²) in [6, 6.07) is 17.1. The number of para-hydroxylation sites is 2. The first-order valence-corrected chi connectivity index (χ1v) is 12.9. The van der Waals surface area contributed by atoms with Crippen LogP contribution in [0.25, 0.3) is 20.4 Å². The fourth-order valence-electron chi connectivity index (χ4n) is 3.76. The second kappa shape index (κ2) is 9.73. The summed E-state index contributed by atoms with van der Waals surface area (Å²) in [7, 11) is 0. The Bertz CT molecular complexity index is 1640. The normalized spacial score (nSPS) is 11.1. The topological polar surface area (TPSA) is 120 Å². The molecule has 36 heavy (non-hydrogen) atoms. The van der Waals surface area contributed by atoms with E-state index >= 15 is 0 Å². The van der Waals surface area contributed by atoms with Crippen molar-refractivity contribution in [2.75, 3.05) is 10.6 Å². The molecule has 0 saturated carbocycles. The van der Waals surface area contributed by atoms with Gasteiger partial charge in [-0.2, -0.15) is 0 Å². The maximum Gasteiger partial charge on any atom is 0.270 e. The van der Waals surface area contributed by atoms with Crippen LogP contribution in [0, 0.1) is 28.1 Å². The molecule has 0 fully saturated rings. The molecule has 0 atom stereocenters. The van der Waals surface area contributed by atoms with E-state index in [4.69, 9.17) is 24.4 Å². The van der Waals surface area contributed by atoms with Crippen LogP contribution in [-0.4, -0.2) is 19.0 Å². The minimum Gasteiger partial charge on any atom is -0.366 e. The molecule has 0 radical (unpaired) electrons. The second-order valence-corrected chi connectivity index (χ2v) is 11.0. The lowest BCUT2D eigenvalue weighted by Gasteiger charge is -2.15. The van der Waals surface area contributed by atoms with Crippen molar-refractivity contribution < 1.29 is 9.85 Å². The molecule has 5 rings (SSSR count). The molecule has 0 aliphatic carbocycles. The summed E-state index contributed by atoms with van der Waals surface area (Å²) >= 11 is 13.7. The maximum atomic E-state index is 11.1. The molecule has 0 amide bonds. The predicted molar refractivity (Wildman–Crippen MR) is 148 cm³/mol. The second-order valence-electron chi connectivity index (χ2n) is 7.63. The van der Waals surface area contributed by atoms with Crippen LogP contribution in [0.5, 0.6) is 0 Å². The lowest BCUT2D eigenvalue weighted by Crippen LogP contribution is -2.12. The molecule has 0 unspecified atom stereocenters. The number of nitrogens with zero attached hydrogens (tertiary/aromatic N) is 4. The maximum absolute atomic E-state index is 11.1. The first kappa shape index (κ1) is 24.0. The molecule has 0 bridgehead atoms. The summed E-state index contributed by atoms with van der Waals surface area (Å²) in [5, 5.41) is 29.0. The zero-order valence-electron chi connectivity index (χ0n) is 18.2. The third kappa shape index (κ3) is 4.58. The van der Waals surface area contributed by atoms with E-state index in [1.807, 2.05) is 33.4 Å². The van der Waals surface area contributed by atoms with E-state index in [1.165, 1.54) is 46.9 Å². The van der Waals surface area contributed by atoms with Gasteiger partial charge in [-0.25, -0.2) is 0 Å². The number of benzene rings is 3. The Morgan fingerprint density at radius 2 is 1.14 bits per heavy atom. The van der Waals surface area contributed by atoms with Crippen molar-refractivity contribution in [3.05, 3.63) is 88.8 Å². The summed E-state index contributed by atoms with van der Waals surface area (Å²) in [5.74, 6) is 0. The highest BCUT2D eigenvalue weighted by Gasteiger charge is 2.13. The van der Waals surface area contributed by atoms with Gasteiger partial charge >= 0.3 is 0 Å². The van der Waals surface area contributed by atoms with Gasteiger partial charge in [0.05, 0.1) is 55.0 Å². The van der Waals surface area contributed by atoms with Crippen LogP contribution < -0.4 is 10.6 Å². The highest BCUT2D eigenvalue weighted by atomic mass is 32.2. The van der Waals surface area contributed by atoms with Crippen molar-refractivity contribution in [1.82, 2.24) is 9.13 Å². The van der Waals surface area contributed by atoms with Gasteiger partial charge in [-0.1, -0.05) is 12.1 Å². The molecular formula is C22H16N6O4S4. The van der Waals surface area contributed by atoms with Gasteiger partial charge < -0.3 is 19.8 Å². The van der Waals surface area contributed by atoms with E-state index in [-0.39, 0.29) is 11.4 Å². The van der Waals surface area contributed by atoms with Gasteiger partial charge in [0.1, 0.15) is 0 Å². The number of thiazole rings is 2. The van der Waals surface area contributed by atoms with Crippen molar-refractivity contribution in [2.45, 2.75) is 13.3 Å². The monoisotopic (exact) mass is 556 g/mol. The minimum absolute atomic E-state index is 0.0302. The van der Waals surface area contributed by atoms with E-state index in [2.05, 4.69) is 10.6 Å². The number of fused-ring (bicyclic) bond motifs is 2. The molecule has 2 heterocycles. The molecule has 5 aromatic rings. The highest BCUT2D eigenvalue weighted by Crippen LogP contribution is 2.30. The average molecular weight is 557 g/mol. The Morgan fingerprint density at radius 1 is 0.722 bits per heavy atom. The number of anilines is 2. The number of non-ortho nitro benzene ring substituents is 2. The zero-order valence-corrected chi connectivity index (χ0v) is 21.5. The summed E-state index contributed by atoms with van der Waals surface area (Å²) in [6.45, 7) is 0.750. The Morgan fingerprint density at radius 3 is 1.53 bits per heavy atom. The van der Waals surface area contributed by atoms with Crippen molar-refractivity contribution in [2.24, 2.45) is 0 Å². The van der Waals surface area contributed by atoms with Gasteiger partial charge in [-0.05, 0) is 48.7 Å². The average Bonchev–Trinajstić information content (AvgIpc) is 3.35. The van der Waals surface area contributed by atoms with Crippen LogP contribution in [0.15, 0.2) is 60.7 Å². The fourth-order valence-corrected chi connectivity index (χ4v) is 6.47. The lowest BCUT2D eigenvalue weighted by atomic mass is 10.2. The number of hydrogen-bond donors (Lipinski definition) is 2. The zero-order chi connectivity index (χ0) is 25.4. The summed E-state index contributed by atoms with van der Waals surface area (Å²) in [4.78, 5) is 21.3. The van der Waals surface area contributed by atoms with E-state index in [0.29, 0.717) is 21.2 Å². The lowest BCUT2D eigenvalue weighted by molar-refractivity contribution is -0.384. The first-order chi connectivity index (χ1) is 17.3. The summed E-state index contributed by atoms with van der Waals surface area (Å²) in [6.07, 6.45) is 0. The molecule has 182 valence electrons. The van der Waals surface area contributed by atoms with E-state index in [0.717, 1.165) is 31.8 Å². The van der Waals surface area contributed by atoms with Gasteiger partial charge in [0.25, 0.3) is 11.4 Å². The summed E-state index contributed by atoms with van der Waals surface area (Å²) in [5.41, 5.74) is 3.37. The number of aromatic nitrogens is 2. The molecule has 2 aromatic heterocycles. The third-order valence-electron chi connectivity index (χ3n) is 5.51. The van der Waals surface area contributed by atoms with E-state index in [9.17, 15) is 20.2 Å². The standard InChI is InChI=1S/C22H16N6O4S4/c29-27(30)13-5-7-17-19(9-13)35-21(33)25(17)11-23-15-3-1-2-4-16(15)24-12-26-18-8-6-14(28(31)32)10-20(18)36-22(26)34/h1-10,23-24H,11-12H2. The van der Waals surface area contributed by atoms with E-state index < -0.39 is 9.85 Å². The van der Waals surface area contributed by atoms with Gasteiger partial charge in [-0.15, -0.1) is 22.7 Å². The Hall–Kier alpha value is -3.72. The smallest absolute Gasteiger partial charge is 0.270 e. The number of nitro benzene ring substituents is 2. The molecule has 0 aliphatic rings. The minimum atomic E-state index is -0.420. The Balaban J connectivity index is 1.36. The van der Waals surface area contributed by atoms with Crippen molar-refractivity contribution >= 4 is 90.3 Å². The third-order valence-corrected chi connectivity index (χ3v) is 8.33. The van der Waals surface area contributed by atoms with Crippen molar-refractivity contribution in [3.8, 4) is 0 Å². The van der Waals surface area contributed by atoms with Crippen LogP contribution in [0.4, 0.5) is 22.7 Å². The molecule has 2 N–H and O–H groups in total. The number of rotatable bonds is 8. The van der Waals surface area contributed by atoms with Gasteiger partial charge in [-0.3, -0.25) is 20.2 Å². The van der Waals surface area contributed by atoms with Gasteiger partial charge in [0.15, 0.2) is 7.91 Å².